The van der Waals surface area contributed by atoms with Gasteiger partial charge in [0.2, 0.25) is 0 Å². The van der Waals surface area contributed by atoms with E-state index < -0.39 is 28.9 Å². The fraction of sp³-hybridized carbons (Fsp3) is 0.286. The number of aryl methyl sites for hydroxylation is 1. The maximum absolute atomic E-state index is 13.6. The number of rotatable bonds is 2. The van der Waals surface area contributed by atoms with Crippen molar-refractivity contribution < 1.29 is 18.0 Å². The van der Waals surface area contributed by atoms with E-state index in [-0.39, 0.29) is 6.04 Å². The number of aromatic amines is 1. The lowest BCUT2D eigenvalue weighted by Crippen LogP contribution is -2.39. The SMILES string of the molecule is O=C(NC1CCc2cn[nH]c2C1)c1ccc(F)c(F)c1F. The van der Waals surface area contributed by atoms with Crippen LogP contribution in [0.5, 0.6) is 0 Å². The standard InChI is InChI=1S/C14H12F3N3O/c15-10-4-3-9(12(16)13(10)17)14(21)19-8-2-1-7-6-18-20-11(7)5-8/h3-4,6,8H,1-2,5H2,(H,18,20)(H,19,21). The molecule has 1 aliphatic carbocycles. The Hall–Kier alpha value is -2.31. The summed E-state index contributed by atoms with van der Waals surface area (Å²) in [6.07, 6.45) is 3.72. The number of nitrogens with zero attached hydrogens (tertiary/aromatic N) is 1. The first-order valence-corrected chi connectivity index (χ1v) is 6.51. The molecule has 1 atom stereocenters. The summed E-state index contributed by atoms with van der Waals surface area (Å²) in [5, 5.41) is 9.40. The van der Waals surface area contributed by atoms with Crippen molar-refractivity contribution in [1.82, 2.24) is 15.5 Å². The quantitative estimate of drug-likeness (QED) is 0.834. The number of hydrogen-bond acceptors (Lipinski definition) is 2. The molecule has 4 nitrogen and oxygen atoms in total. The number of carbonyl (C=O) groups is 1. The number of benzene rings is 1. The lowest BCUT2D eigenvalue weighted by Gasteiger charge is -2.22. The van der Waals surface area contributed by atoms with Crippen LogP contribution in [0.1, 0.15) is 28.0 Å². The van der Waals surface area contributed by atoms with Gasteiger partial charge >= 0.3 is 0 Å². The first-order valence-electron chi connectivity index (χ1n) is 6.51. The molecule has 21 heavy (non-hydrogen) atoms. The highest BCUT2D eigenvalue weighted by atomic mass is 19.2. The zero-order chi connectivity index (χ0) is 15.0. The number of nitrogens with one attached hydrogen (secondary N) is 2. The van der Waals surface area contributed by atoms with Gasteiger partial charge in [-0.3, -0.25) is 9.89 Å². The van der Waals surface area contributed by atoms with Gasteiger partial charge in [-0.05, 0) is 30.5 Å². The number of H-pyrrole nitrogens is 1. The highest BCUT2D eigenvalue weighted by molar-refractivity contribution is 5.94. The minimum atomic E-state index is -1.64. The van der Waals surface area contributed by atoms with Gasteiger partial charge in [0.05, 0.1) is 11.8 Å². The molecule has 1 unspecified atom stereocenters. The van der Waals surface area contributed by atoms with Crippen molar-refractivity contribution in [2.75, 3.05) is 0 Å². The average Bonchev–Trinajstić information content (AvgIpc) is 2.92. The second-order valence-corrected chi connectivity index (χ2v) is 5.01. The first-order chi connectivity index (χ1) is 10.1. The van der Waals surface area contributed by atoms with E-state index in [1.165, 1.54) is 0 Å². The second-order valence-electron chi connectivity index (χ2n) is 5.01. The van der Waals surface area contributed by atoms with Gasteiger partial charge in [-0.15, -0.1) is 0 Å². The monoisotopic (exact) mass is 295 g/mol. The average molecular weight is 295 g/mol. The van der Waals surface area contributed by atoms with Crippen LogP contribution in [-0.4, -0.2) is 22.1 Å². The van der Waals surface area contributed by atoms with Crippen molar-refractivity contribution in [2.24, 2.45) is 0 Å². The van der Waals surface area contributed by atoms with Crippen LogP contribution in [0.25, 0.3) is 0 Å². The fourth-order valence-corrected chi connectivity index (χ4v) is 2.50. The largest absolute Gasteiger partial charge is 0.349 e. The van der Waals surface area contributed by atoms with Gasteiger partial charge in [-0.2, -0.15) is 5.10 Å². The van der Waals surface area contributed by atoms with Gasteiger partial charge in [-0.25, -0.2) is 13.2 Å². The van der Waals surface area contributed by atoms with Gasteiger partial charge in [0.1, 0.15) is 0 Å². The van der Waals surface area contributed by atoms with Gasteiger partial charge in [-0.1, -0.05) is 0 Å². The van der Waals surface area contributed by atoms with Crippen LogP contribution in [0, 0.1) is 17.5 Å². The molecule has 0 radical (unpaired) electrons. The highest BCUT2D eigenvalue weighted by Gasteiger charge is 2.24. The molecule has 2 N–H and O–H groups in total. The minimum Gasteiger partial charge on any atom is -0.349 e. The number of fused-ring (bicyclic) bond motifs is 1. The van der Waals surface area contributed by atoms with Crippen molar-refractivity contribution in [3.63, 3.8) is 0 Å². The number of carbonyl (C=O) groups excluding carboxylic acids is 1. The van der Waals surface area contributed by atoms with Crippen LogP contribution in [-0.2, 0) is 12.8 Å². The molecule has 1 amide bonds. The number of aromatic nitrogens is 2. The van der Waals surface area contributed by atoms with Crippen molar-refractivity contribution in [1.29, 1.82) is 0 Å². The van der Waals surface area contributed by atoms with Gasteiger partial charge in [0, 0.05) is 18.2 Å². The molecule has 1 heterocycles. The number of hydrogen-bond donors (Lipinski definition) is 2. The Morgan fingerprint density at radius 3 is 2.90 bits per heavy atom. The number of halogens is 3. The van der Waals surface area contributed by atoms with E-state index in [4.69, 9.17) is 0 Å². The Morgan fingerprint density at radius 1 is 1.29 bits per heavy atom. The normalized spacial score (nSPS) is 17.4. The van der Waals surface area contributed by atoms with E-state index in [0.717, 1.165) is 29.8 Å². The maximum Gasteiger partial charge on any atom is 0.254 e. The van der Waals surface area contributed by atoms with Crippen molar-refractivity contribution >= 4 is 5.91 Å². The van der Waals surface area contributed by atoms with Crippen molar-refractivity contribution in [3.8, 4) is 0 Å². The Morgan fingerprint density at radius 2 is 2.10 bits per heavy atom. The molecule has 2 aromatic rings. The summed E-state index contributed by atoms with van der Waals surface area (Å²) in [6.45, 7) is 0. The van der Waals surface area contributed by atoms with Crippen LogP contribution >= 0.6 is 0 Å². The molecule has 110 valence electrons. The second kappa shape index (κ2) is 5.23. The lowest BCUT2D eigenvalue weighted by molar-refractivity contribution is 0.0928. The molecular formula is C14H12F3N3O. The lowest BCUT2D eigenvalue weighted by atomic mass is 9.93. The molecule has 0 spiro atoms. The molecule has 0 aliphatic heterocycles. The molecule has 1 aliphatic rings. The fourth-order valence-electron chi connectivity index (χ4n) is 2.50. The van der Waals surface area contributed by atoms with Crippen LogP contribution in [0.2, 0.25) is 0 Å². The van der Waals surface area contributed by atoms with E-state index in [0.29, 0.717) is 12.8 Å². The van der Waals surface area contributed by atoms with E-state index in [2.05, 4.69) is 15.5 Å². The number of amides is 1. The zero-order valence-corrected chi connectivity index (χ0v) is 10.9. The molecule has 0 fully saturated rings. The first kappa shape index (κ1) is 13.7. The Kier molecular flexibility index (Phi) is 3.40. The van der Waals surface area contributed by atoms with E-state index >= 15 is 0 Å². The third-order valence-corrected chi connectivity index (χ3v) is 3.64. The zero-order valence-electron chi connectivity index (χ0n) is 10.9. The van der Waals surface area contributed by atoms with Gasteiger partial charge in [0.15, 0.2) is 17.5 Å². The summed E-state index contributed by atoms with van der Waals surface area (Å²) in [7, 11) is 0. The molecule has 3 rings (SSSR count). The molecule has 1 aromatic heterocycles. The minimum absolute atomic E-state index is 0.196. The van der Waals surface area contributed by atoms with E-state index in [1.54, 1.807) is 6.20 Å². The summed E-state index contributed by atoms with van der Waals surface area (Å²) in [5.74, 6) is -5.17. The van der Waals surface area contributed by atoms with Crippen molar-refractivity contribution in [2.45, 2.75) is 25.3 Å². The van der Waals surface area contributed by atoms with Crippen LogP contribution in [0.4, 0.5) is 13.2 Å². The summed E-state index contributed by atoms with van der Waals surface area (Å²) < 4.78 is 39.6. The summed E-state index contributed by atoms with van der Waals surface area (Å²) in [5.41, 5.74) is 1.53. The van der Waals surface area contributed by atoms with Gasteiger partial charge in [0.25, 0.3) is 5.91 Å². The summed E-state index contributed by atoms with van der Waals surface area (Å²) >= 11 is 0. The Balaban J connectivity index is 1.74. The Labute approximate surface area is 118 Å². The van der Waals surface area contributed by atoms with Crippen molar-refractivity contribution in [3.05, 3.63) is 52.6 Å². The van der Waals surface area contributed by atoms with Gasteiger partial charge < -0.3 is 5.32 Å². The maximum atomic E-state index is 13.6. The van der Waals surface area contributed by atoms with E-state index in [1.807, 2.05) is 0 Å². The topological polar surface area (TPSA) is 57.8 Å². The Bertz CT molecular complexity index is 699. The molecule has 0 saturated carbocycles. The van der Waals surface area contributed by atoms with E-state index in [9.17, 15) is 18.0 Å². The third-order valence-electron chi connectivity index (χ3n) is 3.64. The molecular weight excluding hydrogens is 283 g/mol. The smallest absolute Gasteiger partial charge is 0.254 e. The molecule has 0 bridgehead atoms. The third kappa shape index (κ3) is 2.51. The van der Waals surface area contributed by atoms with Crippen LogP contribution in [0.3, 0.4) is 0 Å². The van der Waals surface area contributed by atoms with Crippen LogP contribution in [0.15, 0.2) is 18.3 Å². The molecule has 7 heteroatoms. The molecule has 0 saturated heterocycles. The highest BCUT2D eigenvalue weighted by Crippen LogP contribution is 2.20. The molecule has 1 aromatic carbocycles. The predicted octanol–water partition coefficient (Wildman–Crippen LogP) is 2.11. The predicted molar refractivity (Wildman–Crippen MR) is 68.2 cm³/mol. The summed E-state index contributed by atoms with van der Waals surface area (Å²) in [6, 6.07) is 1.48. The summed E-state index contributed by atoms with van der Waals surface area (Å²) in [4.78, 5) is 12.0. The van der Waals surface area contributed by atoms with Crippen LogP contribution < -0.4 is 5.32 Å².